The number of rotatable bonds is 4. The van der Waals surface area contributed by atoms with Crippen LogP contribution in [0.1, 0.15) is 38.8 Å². The number of terminal acetylenes is 2. The number of hydrogen-bond acceptors (Lipinski definition) is 6. The molecule has 0 atom stereocenters. The van der Waals surface area contributed by atoms with Gasteiger partial charge in [0.25, 0.3) is 0 Å². The molecular formula is C19H17FN2O4S. The first-order valence-electron chi connectivity index (χ1n) is 8.09. The van der Waals surface area contributed by atoms with Gasteiger partial charge in [-0.25, -0.2) is 12.8 Å². The normalized spacial score (nSPS) is 16.4. The summed E-state index contributed by atoms with van der Waals surface area (Å²) >= 11 is 0. The van der Waals surface area contributed by atoms with Crippen LogP contribution in [0.5, 0.6) is 0 Å². The minimum atomic E-state index is -4.16. The Balaban J connectivity index is 2.27. The zero-order valence-electron chi connectivity index (χ0n) is 14.8. The lowest BCUT2D eigenvalue weighted by Gasteiger charge is -2.28. The molecule has 0 aliphatic carbocycles. The molecule has 3 rings (SSSR count). The Morgan fingerprint density at radius 1 is 1.30 bits per heavy atom. The average Bonchev–Trinajstić information content (AvgIpc) is 3.17. The van der Waals surface area contributed by atoms with Crippen molar-refractivity contribution in [3.8, 4) is 24.7 Å². The number of aromatic nitrogens is 1. The minimum absolute atomic E-state index is 0.0424. The van der Waals surface area contributed by atoms with Crippen molar-refractivity contribution in [2.45, 2.75) is 43.5 Å². The molecule has 0 bridgehead atoms. The van der Waals surface area contributed by atoms with Gasteiger partial charge in [0.15, 0.2) is 10.6 Å². The first kappa shape index (κ1) is 18.9. The zero-order chi connectivity index (χ0) is 19.9. The van der Waals surface area contributed by atoms with E-state index in [0.29, 0.717) is 5.39 Å². The number of halogens is 1. The van der Waals surface area contributed by atoms with Crippen LogP contribution in [-0.4, -0.2) is 24.2 Å². The number of fused-ring (bicyclic) bond motifs is 1. The summed E-state index contributed by atoms with van der Waals surface area (Å²) in [5.41, 5.74) is -0.625. The average molecular weight is 388 g/mol. The summed E-state index contributed by atoms with van der Waals surface area (Å²) in [7, 11) is -4.16. The number of nitrogens with zero attached hydrogens (tertiary/aromatic N) is 2. The highest BCUT2D eigenvalue weighted by Crippen LogP contribution is 2.43. The van der Waals surface area contributed by atoms with Crippen molar-refractivity contribution >= 4 is 25.9 Å². The lowest BCUT2D eigenvalue weighted by atomic mass is 9.94. The molecule has 0 amide bonds. The summed E-state index contributed by atoms with van der Waals surface area (Å²) in [5, 5.41) is 7.85. The van der Waals surface area contributed by atoms with Gasteiger partial charge in [-0.05, 0) is 26.0 Å². The third-order valence-electron chi connectivity index (χ3n) is 4.44. The largest absolute Gasteiger partial charge is 0.389 e. The van der Waals surface area contributed by atoms with Crippen LogP contribution < -0.4 is 0 Å². The van der Waals surface area contributed by atoms with Crippen LogP contribution in [0.3, 0.4) is 0 Å². The molecule has 0 fully saturated rings. The molecule has 0 unspecified atom stereocenters. The molecule has 140 valence electrons. The quantitative estimate of drug-likeness (QED) is 0.752. The summed E-state index contributed by atoms with van der Waals surface area (Å²) in [4.78, 5) is 5.22. The highest BCUT2D eigenvalue weighted by molar-refractivity contribution is 8.07. The molecule has 1 aliphatic rings. The van der Waals surface area contributed by atoms with E-state index in [9.17, 15) is 12.8 Å². The maximum absolute atomic E-state index is 13.6. The van der Waals surface area contributed by atoms with Crippen molar-refractivity contribution in [2.24, 2.45) is 5.16 Å². The molecule has 1 aliphatic heterocycles. The topological polar surface area (TPSA) is 81.8 Å². The molecule has 6 nitrogen and oxygen atoms in total. The Hall–Kier alpha value is -2.84. The molecule has 0 saturated heterocycles. The molecule has 2 heterocycles. The number of hydrogen-bond donors (Lipinski definition) is 0. The fraction of sp³-hybridized carbons (Fsp3) is 0.368. The van der Waals surface area contributed by atoms with Crippen molar-refractivity contribution in [2.75, 3.05) is 0 Å². The second-order valence-corrected chi connectivity index (χ2v) is 9.20. The number of oxime groups is 1. The standard InChI is InChI=1S/C19H17FN2O4S/c1-5-9-19(10-6-2,27(23,24)16-12-18(3,4)26-21-16)17-14-8-7-13(20)11-15(14)25-22-17/h1-2,7-8,11H,9-10,12H2,3-4H3. The summed E-state index contributed by atoms with van der Waals surface area (Å²) < 4.78 is 44.0. The van der Waals surface area contributed by atoms with Crippen molar-refractivity contribution in [1.82, 2.24) is 5.16 Å². The molecule has 1 aromatic heterocycles. The van der Waals surface area contributed by atoms with E-state index >= 15 is 0 Å². The molecule has 0 spiro atoms. The number of sulfone groups is 1. The van der Waals surface area contributed by atoms with Gasteiger partial charge in [0, 0.05) is 30.7 Å². The van der Waals surface area contributed by atoms with Gasteiger partial charge in [-0.15, -0.1) is 24.7 Å². The molecule has 8 heteroatoms. The third-order valence-corrected chi connectivity index (χ3v) is 6.79. The van der Waals surface area contributed by atoms with Gasteiger partial charge < -0.3 is 9.36 Å². The molecular weight excluding hydrogens is 371 g/mol. The minimum Gasteiger partial charge on any atom is -0.389 e. The number of benzene rings is 1. The van der Waals surface area contributed by atoms with Crippen LogP contribution in [0.15, 0.2) is 27.9 Å². The van der Waals surface area contributed by atoms with E-state index in [0.717, 1.165) is 6.07 Å². The maximum atomic E-state index is 13.6. The summed E-state index contributed by atoms with van der Waals surface area (Å²) in [6.07, 6.45) is 10.6. The first-order valence-corrected chi connectivity index (χ1v) is 9.57. The fourth-order valence-electron chi connectivity index (χ4n) is 3.09. The summed E-state index contributed by atoms with van der Waals surface area (Å²) in [6.45, 7) is 3.44. The predicted octanol–water partition coefficient (Wildman–Crippen LogP) is 3.14. The SMILES string of the molecule is C#CCC(CC#C)(c1noc2cc(F)ccc12)S(=O)(=O)C1=NOC(C)(C)C1. The molecule has 0 radical (unpaired) electrons. The second-order valence-electron chi connectivity index (χ2n) is 6.94. The van der Waals surface area contributed by atoms with Crippen molar-refractivity contribution in [3.63, 3.8) is 0 Å². The van der Waals surface area contributed by atoms with Crippen LogP contribution >= 0.6 is 0 Å². The monoisotopic (exact) mass is 388 g/mol. The van der Waals surface area contributed by atoms with E-state index in [1.54, 1.807) is 13.8 Å². The highest BCUT2D eigenvalue weighted by atomic mass is 32.2. The van der Waals surface area contributed by atoms with Crippen molar-refractivity contribution < 1.29 is 22.2 Å². The van der Waals surface area contributed by atoms with E-state index in [4.69, 9.17) is 22.2 Å². The van der Waals surface area contributed by atoms with Gasteiger partial charge in [0.05, 0.1) is 0 Å². The van der Waals surface area contributed by atoms with Gasteiger partial charge >= 0.3 is 0 Å². The summed E-state index contributed by atoms with van der Waals surface area (Å²) in [6, 6.07) is 3.70. The molecule has 27 heavy (non-hydrogen) atoms. The lowest BCUT2D eigenvalue weighted by Crippen LogP contribution is -2.41. The molecule has 1 aromatic carbocycles. The molecule has 2 aromatic rings. The van der Waals surface area contributed by atoms with E-state index in [1.807, 2.05) is 0 Å². The molecule has 0 N–H and O–H groups in total. The van der Waals surface area contributed by atoms with Crippen LogP contribution in [0, 0.1) is 30.5 Å². The van der Waals surface area contributed by atoms with Crippen LogP contribution in [0.4, 0.5) is 4.39 Å². The smallest absolute Gasteiger partial charge is 0.208 e. The van der Waals surface area contributed by atoms with Crippen molar-refractivity contribution in [3.05, 3.63) is 29.7 Å². The fourth-order valence-corrected chi connectivity index (χ4v) is 5.16. The highest BCUT2D eigenvalue weighted by Gasteiger charge is 2.53. The third kappa shape index (κ3) is 2.96. The summed E-state index contributed by atoms with van der Waals surface area (Å²) in [5.74, 6) is 4.22. The van der Waals surface area contributed by atoms with Gasteiger partial charge in [0.1, 0.15) is 21.9 Å². The second kappa shape index (κ2) is 6.40. The Morgan fingerprint density at radius 3 is 2.52 bits per heavy atom. The van der Waals surface area contributed by atoms with Crippen LogP contribution in [-0.2, 0) is 19.4 Å². The van der Waals surface area contributed by atoms with Crippen molar-refractivity contribution in [1.29, 1.82) is 0 Å². The Labute approximate surface area is 156 Å². The van der Waals surface area contributed by atoms with Crippen LogP contribution in [0.25, 0.3) is 11.0 Å². The van der Waals surface area contributed by atoms with E-state index in [1.165, 1.54) is 12.1 Å². The van der Waals surface area contributed by atoms with E-state index < -0.39 is 26.0 Å². The predicted molar refractivity (Wildman–Crippen MR) is 98.7 cm³/mol. The lowest BCUT2D eigenvalue weighted by molar-refractivity contribution is 0.0123. The van der Waals surface area contributed by atoms with Gasteiger partial charge in [-0.1, -0.05) is 10.3 Å². The van der Waals surface area contributed by atoms with Gasteiger partial charge in [-0.3, -0.25) is 0 Å². The van der Waals surface area contributed by atoms with E-state index in [2.05, 4.69) is 22.2 Å². The van der Waals surface area contributed by atoms with Gasteiger partial charge in [-0.2, -0.15) is 0 Å². The van der Waals surface area contributed by atoms with Gasteiger partial charge in [0.2, 0.25) is 9.84 Å². The van der Waals surface area contributed by atoms with E-state index in [-0.39, 0.29) is 35.6 Å². The first-order chi connectivity index (χ1) is 12.7. The molecule has 0 saturated carbocycles. The van der Waals surface area contributed by atoms with Crippen LogP contribution in [0.2, 0.25) is 0 Å². The Morgan fingerprint density at radius 2 is 1.96 bits per heavy atom. The Bertz CT molecular complexity index is 1100. The Kier molecular flexibility index (Phi) is 4.49. The maximum Gasteiger partial charge on any atom is 0.208 e. The zero-order valence-corrected chi connectivity index (χ0v) is 15.6.